The van der Waals surface area contributed by atoms with Crippen molar-refractivity contribution in [2.75, 3.05) is 13.2 Å². The minimum Gasteiger partial charge on any atom is -0.479 e. The lowest BCUT2D eigenvalue weighted by Crippen LogP contribution is -2.61. The molecule has 422 valence electrons. The Bertz CT molecular complexity index is 1770. The molecule has 0 bridgehead atoms. The molecule has 75 heavy (non-hydrogen) atoms. The third-order valence-electron chi connectivity index (χ3n) is 12.0. The number of aliphatic hydroxyl groups is 2. The van der Waals surface area contributed by atoms with Crippen molar-refractivity contribution in [2.24, 2.45) is 0 Å². The number of hydrogen-bond donors (Lipinski definition) is 3. The van der Waals surface area contributed by atoms with E-state index in [2.05, 4.69) is 130 Å². The van der Waals surface area contributed by atoms with Crippen molar-refractivity contribution in [1.82, 2.24) is 0 Å². The predicted molar refractivity (Wildman–Crippen MR) is 303 cm³/mol. The minimum atomic E-state index is -1.93. The van der Waals surface area contributed by atoms with E-state index in [1.165, 1.54) is 44.9 Å². The quantitative estimate of drug-likeness (QED) is 0.0228. The summed E-state index contributed by atoms with van der Waals surface area (Å²) in [6.07, 6.45) is 56.2. The summed E-state index contributed by atoms with van der Waals surface area (Å²) in [6, 6.07) is 0. The maximum Gasteiger partial charge on any atom is 0.335 e. The number of allylic oxidation sites excluding steroid dienone is 20. The van der Waals surface area contributed by atoms with Crippen LogP contribution in [0.2, 0.25) is 0 Å². The van der Waals surface area contributed by atoms with Crippen LogP contribution in [0.4, 0.5) is 0 Å². The highest BCUT2D eigenvalue weighted by molar-refractivity contribution is 5.74. The smallest absolute Gasteiger partial charge is 0.335 e. The van der Waals surface area contributed by atoms with Gasteiger partial charge in [0, 0.05) is 19.3 Å². The van der Waals surface area contributed by atoms with Gasteiger partial charge in [0.1, 0.15) is 18.8 Å². The summed E-state index contributed by atoms with van der Waals surface area (Å²) < 4.78 is 28.2. The van der Waals surface area contributed by atoms with Crippen LogP contribution in [0.15, 0.2) is 122 Å². The Morgan fingerprint density at radius 2 is 0.867 bits per heavy atom. The number of unbranched alkanes of at least 4 members (excludes halogenated alkanes) is 12. The van der Waals surface area contributed by atoms with Crippen molar-refractivity contribution in [3.8, 4) is 0 Å². The third-order valence-corrected chi connectivity index (χ3v) is 12.0. The second kappa shape index (κ2) is 50.0. The van der Waals surface area contributed by atoms with Crippen molar-refractivity contribution >= 4 is 23.9 Å². The molecule has 0 aromatic rings. The first-order valence-electron chi connectivity index (χ1n) is 28.5. The first-order chi connectivity index (χ1) is 36.6. The van der Waals surface area contributed by atoms with Crippen molar-refractivity contribution in [2.45, 2.75) is 237 Å². The van der Waals surface area contributed by atoms with Crippen molar-refractivity contribution < 1.29 is 58.2 Å². The zero-order chi connectivity index (χ0) is 54.7. The second-order valence-corrected chi connectivity index (χ2v) is 18.8. The molecule has 12 nitrogen and oxygen atoms in total. The van der Waals surface area contributed by atoms with Gasteiger partial charge in [-0.25, -0.2) is 4.79 Å². The van der Waals surface area contributed by atoms with E-state index < -0.39 is 67.3 Å². The molecule has 1 saturated heterocycles. The summed E-state index contributed by atoms with van der Waals surface area (Å²) in [6.45, 7) is 5.65. The molecule has 0 radical (unpaired) electrons. The Hall–Kier alpha value is -4.88. The van der Waals surface area contributed by atoms with Gasteiger partial charge >= 0.3 is 23.9 Å². The molecular formula is C63H98O12. The van der Waals surface area contributed by atoms with Gasteiger partial charge in [-0.3, -0.25) is 14.4 Å². The van der Waals surface area contributed by atoms with Gasteiger partial charge in [-0.2, -0.15) is 0 Å². The predicted octanol–water partition coefficient (Wildman–Crippen LogP) is 14.4. The molecule has 0 aromatic heterocycles. The van der Waals surface area contributed by atoms with E-state index in [-0.39, 0.29) is 25.9 Å². The van der Waals surface area contributed by atoms with Crippen LogP contribution in [0.1, 0.15) is 201 Å². The van der Waals surface area contributed by atoms with Crippen molar-refractivity contribution in [3.63, 3.8) is 0 Å². The molecule has 0 spiro atoms. The molecular weight excluding hydrogens is 949 g/mol. The number of carboxylic acids is 1. The summed E-state index contributed by atoms with van der Waals surface area (Å²) >= 11 is 0. The highest BCUT2D eigenvalue weighted by Crippen LogP contribution is 2.26. The van der Waals surface area contributed by atoms with E-state index in [0.717, 1.165) is 89.9 Å². The standard InChI is InChI=1S/C63H98O12/c1-4-7-10-13-16-19-22-24-26-27-28-29-31-32-35-37-40-43-46-49-55(64)71-52-54(73-56(65)50-47-44-41-38-34-21-18-15-12-9-6-3)53-72-63-61(59(68)58(67)60(75-63)62(69)70)74-57(66)51-48-45-42-39-36-33-30-25-23-20-17-14-11-8-5-2/h7-8,10-11,16-17,19-20,24-26,28-30,32,35-36,39-40,43,54,58-61,63,67-68H,4-6,9,12-15,18,21-23,27,31,33-34,37-38,41-42,44-53H2,1-3H3,(H,69,70)/b10-7-,11-8-,19-16-,20-17-,26-24-,29-28-,30-25-,35-32-,39-36-,43-40-. The van der Waals surface area contributed by atoms with Gasteiger partial charge in [0.25, 0.3) is 0 Å². The highest BCUT2D eigenvalue weighted by Gasteiger charge is 2.50. The fourth-order valence-corrected chi connectivity index (χ4v) is 7.74. The molecule has 1 aliphatic rings. The largest absolute Gasteiger partial charge is 0.479 e. The van der Waals surface area contributed by atoms with Gasteiger partial charge in [0.05, 0.1) is 6.61 Å². The molecule has 12 heteroatoms. The van der Waals surface area contributed by atoms with Gasteiger partial charge in [0.15, 0.2) is 24.6 Å². The summed E-state index contributed by atoms with van der Waals surface area (Å²) in [4.78, 5) is 51.0. The summed E-state index contributed by atoms with van der Waals surface area (Å²) in [5, 5.41) is 31.4. The second-order valence-electron chi connectivity index (χ2n) is 18.8. The lowest BCUT2D eigenvalue weighted by Gasteiger charge is -2.40. The molecule has 1 rings (SSSR count). The molecule has 0 aliphatic carbocycles. The van der Waals surface area contributed by atoms with E-state index in [1.54, 1.807) is 0 Å². The fourth-order valence-electron chi connectivity index (χ4n) is 7.74. The molecule has 1 heterocycles. The van der Waals surface area contributed by atoms with E-state index in [9.17, 15) is 34.5 Å². The van der Waals surface area contributed by atoms with Gasteiger partial charge < -0.3 is 39.0 Å². The number of carbonyl (C=O) groups is 4. The Labute approximate surface area is 452 Å². The molecule has 0 aromatic carbocycles. The lowest BCUT2D eigenvalue weighted by atomic mass is 9.98. The fraction of sp³-hybridized carbons (Fsp3) is 0.619. The Morgan fingerprint density at radius 1 is 0.453 bits per heavy atom. The number of hydrogen-bond acceptors (Lipinski definition) is 11. The average molecular weight is 1050 g/mol. The van der Waals surface area contributed by atoms with Gasteiger partial charge in [-0.15, -0.1) is 0 Å². The summed E-state index contributed by atoms with van der Waals surface area (Å²) in [7, 11) is 0. The topological polar surface area (TPSA) is 175 Å². The van der Waals surface area contributed by atoms with Crippen LogP contribution in [0.5, 0.6) is 0 Å². The van der Waals surface area contributed by atoms with E-state index in [1.807, 2.05) is 12.2 Å². The zero-order valence-corrected chi connectivity index (χ0v) is 46.2. The normalized spacial score (nSPS) is 19.1. The van der Waals surface area contributed by atoms with E-state index >= 15 is 0 Å². The maximum absolute atomic E-state index is 13.1. The van der Waals surface area contributed by atoms with E-state index in [0.29, 0.717) is 25.7 Å². The Balaban J connectivity index is 2.76. The van der Waals surface area contributed by atoms with Crippen LogP contribution < -0.4 is 0 Å². The highest BCUT2D eigenvalue weighted by atomic mass is 16.7. The molecule has 1 fully saturated rings. The van der Waals surface area contributed by atoms with Crippen LogP contribution in [-0.2, 0) is 42.9 Å². The maximum atomic E-state index is 13.1. The minimum absolute atomic E-state index is 0.00424. The molecule has 0 saturated carbocycles. The summed E-state index contributed by atoms with van der Waals surface area (Å²) in [5.74, 6) is -3.30. The van der Waals surface area contributed by atoms with Crippen LogP contribution >= 0.6 is 0 Å². The third kappa shape index (κ3) is 40.1. The van der Waals surface area contributed by atoms with Crippen LogP contribution in [-0.4, -0.2) is 89.2 Å². The van der Waals surface area contributed by atoms with Gasteiger partial charge in [0.2, 0.25) is 0 Å². The first kappa shape index (κ1) is 68.1. The Morgan fingerprint density at radius 3 is 1.33 bits per heavy atom. The van der Waals surface area contributed by atoms with Gasteiger partial charge in [-0.1, -0.05) is 206 Å². The molecule has 6 unspecified atom stereocenters. The van der Waals surface area contributed by atoms with Crippen LogP contribution in [0.25, 0.3) is 0 Å². The zero-order valence-electron chi connectivity index (χ0n) is 46.2. The van der Waals surface area contributed by atoms with Crippen LogP contribution in [0.3, 0.4) is 0 Å². The number of carbonyl (C=O) groups excluding carboxylic acids is 3. The lowest BCUT2D eigenvalue weighted by molar-refractivity contribution is -0.301. The average Bonchev–Trinajstić information content (AvgIpc) is 3.39. The van der Waals surface area contributed by atoms with Gasteiger partial charge in [-0.05, 0) is 96.3 Å². The molecule has 0 amide bonds. The molecule has 6 atom stereocenters. The number of esters is 3. The molecule has 1 aliphatic heterocycles. The Kier molecular flexibility index (Phi) is 45.4. The van der Waals surface area contributed by atoms with E-state index in [4.69, 9.17) is 23.7 Å². The first-order valence-corrected chi connectivity index (χ1v) is 28.5. The number of ether oxygens (including phenoxy) is 5. The van der Waals surface area contributed by atoms with Crippen molar-refractivity contribution in [1.29, 1.82) is 0 Å². The number of rotatable bonds is 46. The molecule has 3 N–H and O–H groups in total. The number of aliphatic hydroxyl groups excluding tert-OH is 2. The summed E-state index contributed by atoms with van der Waals surface area (Å²) in [5.41, 5.74) is 0. The number of carboxylic acid groups (broad SMARTS) is 1. The SMILES string of the molecule is CC/C=C\C/C=C\C/C=C\C/C=C\C/C=C\C/C=C\CCC(=O)OCC(COC1OC(C(=O)O)C(O)C(O)C1OC(=O)CCCC/C=C\C/C=C\C/C=C\C/C=C\CC)OC(=O)CCCCCCCCCCCCC. The monoisotopic (exact) mass is 1050 g/mol. The van der Waals surface area contributed by atoms with Crippen LogP contribution in [0, 0.1) is 0 Å². The van der Waals surface area contributed by atoms with Crippen molar-refractivity contribution in [3.05, 3.63) is 122 Å². The number of aliphatic carboxylic acids is 1.